The van der Waals surface area contributed by atoms with Gasteiger partial charge in [-0.25, -0.2) is 0 Å². The lowest BCUT2D eigenvalue weighted by Gasteiger charge is -2.07. The van der Waals surface area contributed by atoms with Crippen LogP contribution in [0.5, 0.6) is 0 Å². The van der Waals surface area contributed by atoms with Gasteiger partial charge in [0.15, 0.2) is 0 Å². The number of hydrogen-bond donors (Lipinski definition) is 0. The Bertz CT molecular complexity index is 146. The third-order valence-electron chi connectivity index (χ3n) is 3.02. The zero-order chi connectivity index (χ0) is 12.1. The van der Waals surface area contributed by atoms with Gasteiger partial charge in [-0.2, -0.15) is 0 Å². The van der Waals surface area contributed by atoms with Crippen molar-refractivity contribution in [1.29, 1.82) is 0 Å². The van der Waals surface area contributed by atoms with Crippen LogP contribution < -0.4 is 0 Å². The van der Waals surface area contributed by atoms with Gasteiger partial charge in [-0.05, 0) is 25.2 Å². The molecular weight excluding hydrogens is 192 g/mol. The molecule has 1 atom stereocenters. The van der Waals surface area contributed by atoms with Crippen LogP contribution in [0.25, 0.3) is 0 Å². The molecule has 0 amide bonds. The molecule has 0 heteroatoms. The Hall–Kier alpha value is -0.260. The summed E-state index contributed by atoms with van der Waals surface area (Å²) in [5.74, 6) is 0.850. The molecule has 2 radical (unpaired) electrons. The number of allylic oxidation sites excluding steroid dienone is 2. The first kappa shape index (κ1) is 15.7. The maximum absolute atomic E-state index is 3.88. The largest absolute Gasteiger partial charge is 0.0885 e. The normalized spacial score (nSPS) is 13.4. The molecule has 0 aliphatic carbocycles. The van der Waals surface area contributed by atoms with Crippen molar-refractivity contribution in [1.82, 2.24) is 0 Å². The maximum Gasteiger partial charge on any atom is -0.0325 e. The van der Waals surface area contributed by atoms with Crippen LogP contribution in [-0.2, 0) is 0 Å². The molecule has 0 fully saturated rings. The Kier molecular flexibility index (Phi) is 12.6. The lowest BCUT2D eigenvalue weighted by Crippen LogP contribution is -1.92. The molecule has 0 saturated heterocycles. The highest BCUT2D eigenvalue weighted by Crippen LogP contribution is 2.13. The molecule has 0 bridgehead atoms. The lowest BCUT2D eigenvalue weighted by atomic mass is 9.99. The predicted molar refractivity (Wildman–Crippen MR) is 75.2 cm³/mol. The summed E-state index contributed by atoms with van der Waals surface area (Å²) >= 11 is 0. The molecule has 16 heavy (non-hydrogen) atoms. The van der Waals surface area contributed by atoms with Gasteiger partial charge in [0, 0.05) is 0 Å². The smallest absolute Gasteiger partial charge is 0.0325 e. The van der Waals surface area contributed by atoms with Gasteiger partial charge in [-0.3, -0.25) is 0 Å². The first-order valence-corrected chi connectivity index (χ1v) is 7.04. The number of rotatable bonds is 11. The average molecular weight is 222 g/mol. The van der Waals surface area contributed by atoms with Gasteiger partial charge in [0.1, 0.15) is 0 Å². The fourth-order valence-corrected chi connectivity index (χ4v) is 1.85. The Morgan fingerprint density at radius 2 is 1.56 bits per heavy atom. The molecule has 0 rings (SSSR count). The molecule has 94 valence electrons. The molecule has 0 N–H and O–H groups in total. The Morgan fingerprint density at radius 1 is 0.875 bits per heavy atom. The van der Waals surface area contributed by atoms with Crippen LogP contribution in [0.1, 0.15) is 71.1 Å². The molecule has 1 unspecified atom stereocenters. The molecule has 0 aromatic heterocycles. The van der Waals surface area contributed by atoms with E-state index in [-0.39, 0.29) is 0 Å². The summed E-state index contributed by atoms with van der Waals surface area (Å²) in [5, 5.41) is 0. The minimum Gasteiger partial charge on any atom is -0.0885 e. The fraction of sp³-hybridized carbons (Fsp3) is 0.750. The van der Waals surface area contributed by atoms with Gasteiger partial charge in [-0.1, -0.05) is 77.9 Å². The van der Waals surface area contributed by atoms with Crippen molar-refractivity contribution in [2.24, 2.45) is 5.92 Å². The second-order valence-corrected chi connectivity index (χ2v) is 4.86. The molecule has 0 saturated carbocycles. The summed E-state index contributed by atoms with van der Waals surface area (Å²) in [5.41, 5.74) is 0. The van der Waals surface area contributed by atoms with Gasteiger partial charge in [0.2, 0.25) is 0 Å². The summed E-state index contributed by atoms with van der Waals surface area (Å²) in [4.78, 5) is 0. The average Bonchev–Trinajstić information content (AvgIpc) is 2.28. The molecule has 0 aromatic rings. The van der Waals surface area contributed by atoms with Crippen LogP contribution in [0.4, 0.5) is 0 Å². The van der Waals surface area contributed by atoms with Crippen LogP contribution in [-0.4, -0.2) is 0 Å². The molecule has 0 aliphatic heterocycles. The van der Waals surface area contributed by atoms with Crippen LogP contribution in [0.15, 0.2) is 12.2 Å². The number of hydrogen-bond acceptors (Lipinski definition) is 0. The van der Waals surface area contributed by atoms with E-state index in [9.17, 15) is 0 Å². The summed E-state index contributed by atoms with van der Waals surface area (Å²) in [6, 6.07) is 0. The molecule has 0 heterocycles. The monoisotopic (exact) mass is 222 g/mol. The van der Waals surface area contributed by atoms with E-state index in [1.807, 2.05) is 0 Å². The Balaban J connectivity index is 3.23. The summed E-state index contributed by atoms with van der Waals surface area (Å²) in [6.07, 6.45) is 17.4. The van der Waals surface area contributed by atoms with Crippen molar-refractivity contribution in [2.75, 3.05) is 0 Å². The van der Waals surface area contributed by atoms with E-state index in [1.54, 1.807) is 0 Å². The van der Waals surface area contributed by atoms with Crippen LogP contribution in [0, 0.1) is 19.8 Å². The molecular formula is C16H30. The van der Waals surface area contributed by atoms with Crippen molar-refractivity contribution in [3.8, 4) is 0 Å². The van der Waals surface area contributed by atoms with Crippen molar-refractivity contribution < 1.29 is 0 Å². The third kappa shape index (κ3) is 11.8. The van der Waals surface area contributed by atoms with Gasteiger partial charge in [-0.15, -0.1) is 0 Å². The maximum atomic E-state index is 3.88. The van der Waals surface area contributed by atoms with Gasteiger partial charge < -0.3 is 0 Å². The van der Waals surface area contributed by atoms with Crippen LogP contribution >= 0.6 is 0 Å². The predicted octanol–water partition coefficient (Wildman–Crippen LogP) is 5.75. The van der Waals surface area contributed by atoms with E-state index >= 15 is 0 Å². The van der Waals surface area contributed by atoms with E-state index in [0.717, 1.165) is 18.8 Å². The highest BCUT2D eigenvalue weighted by molar-refractivity contribution is 4.83. The highest BCUT2D eigenvalue weighted by atomic mass is 14.0. The van der Waals surface area contributed by atoms with Crippen molar-refractivity contribution in [3.63, 3.8) is 0 Å². The molecule has 0 aromatic carbocycles. The number of unbranched alkanes of at least 4 members (excludes halogenated alkanes) is 6. The molecule has 0 spiro atoms. The molecule has 0 aliphatic rings. The van der Waals surface area contributed by atoms with Gasteiger partial charge >= 0.3 is 0 Å². The Morgan fingerprint density at radius 3 is 2.25 bits per heavy atom. The minimum absolute atomic E-state index is 0.850. The van der Waals surface area contributed by atoms with Crippen molar-refractivity contribution in [2.45, 2.75) is 71.1 Å². The Labute approximate surface area is 104 Å². The zero-order valence-electron chi connectivity index (χ0n) is 11.2. The lowest BCUT2D eigenvalue weighted by molar-refractivity contribution is 0.504. The second-order valence-electron chi connectivity index (χ2n) is 4.86. The van der Waals surface area contributed by atoms with Crippen molar-refractivity contribution >= 4 is 0 Å². The standard InChI is InChI=1S/C16H30/c1-4-6-8-9-10-11-13-15-16(3)14-12-7-5-2/h11,13,16H,1-2,4-10,12,14-15H2,3H3. The first-order valence-electron chi connectivity index (χ1n) is 7.04. The van der Waals surface area contributed by atoms with Crippen LogP contribution in [0.3, 0.4) is 0 Å². The van der Waals surface area contributed by atoms with E-state index < -0.39 is 0 Å². The van der Waals surface area contributed by atoms with E-state index in [4.69, 9.17) is 0 Å². The summed E-state index contributed by atoms with van der Waals surface area (Å²) in [7, 11) is 0. The fourth-order valence-electron chi connectivity index (χ4n) is 1.85. The van der Waals surface area contributed by atoms with E-state index in [0.29, 0.717) is 0 Å². The third-order valence-corrected chi connectivity index (χ3v) is 3.02. The topological polar surface area (TPSA) is 0 Å². The van der Waals surface area contributed by atoms with Gasteiger partial charge in [0.05, 0.1) is 0 Å². The van der Waals surface area contributed by atoms with Gasteiger partial charge in [0.25, 0.3) is 0 Å². The van der Waals surface area contributed by atoms with Crippen molar-refractivity contribution in [3.05, 3.63) is 26.0 Å². The van der Waals surface area contributed by atoms with Crippen LogP contribution in [0.2, 0.25) is 0 Å². The minimum atomic E-state index is 0.850. The molecule has 0 nitrogen and oxygen atoms in total. The first-order chi connectivity index (χ1) is 7.81. The van der Waals surface area contributed by atoms with E-state index in [1.165, 1.54) is 51.4 Å². The SMILES string of the molecule is [CH2]CCCCCC=CCC(C)CCCC[CH2]. The highest BCUT2D eigenvalue weighted by Gasteiger charge is 1.98. The summed E-state index contributed by atoms with van der Waals surface area (Å²) in [6.45, 7) is 10.1. The quantitative estimate of drug-likeness (QED) is 0.308. The summed E-state index contributed by atoms with van der Waals surface area (Å²) < 4.78 is 0. The zero-order valence-corrected chi connectivity index (χ0v) is 11.2. The van der Waals surface area contributed by atoms with E-state index in [2.05, 4.69) is 32.9 Å². The second kappa shape index (κ2) is 12.8.